The predicted octanol–water partition coefficient (Wildman–Crippen LogP) is 3.56. The molecule has 1 rings (SSSR count). The quantitative estimate of drug-likeness (QED) is 0.650. The number of benzene rings is 1. The summed E-state index contributed by atoms with van der Waals surface area (Å²) in [7, 11) is 0. The Morgan fingerprint density at radius 1 is 1.25 bits per heavy atom. The van der Waals surface area contributed by atoms with Crippen LogP contribution in [-0.2, 0) is 0 Å². The van der Waals surface area contributed by atoms with Gasteiger partial charge in [-0.05, 0) is 18.2 Å². The Kier molecular flexibility index (Phi) is 3.80. The monoisotopic (exact) mass is 186 g/mol. The molecule has 0 aliphatic carbocycles. The third kappa shape index (κ3) is 3.53. The van der Waals surface area contributed by atoms with E-state index in [-0.39, 0.29) is 0 Å². The molecular formula is C9H8F2S. The molecule has 0 radical (unpaired) electrons. The standard InChI is InChI=1S/C9H8F2S/c10-9(11)6-7-12-8-4-2-1-3-5-8/h1-6H,7H2. The molecular weight excluding hydrogens is 178 g/mol. The molecule has 0 N–H and O–H groups in total. The molecule has 12 heavy (non-hydrogen) atoms. The van der Waals surface area contributed by atoms with Crippen LogP contribution in [0.1, 0.15) is 0 Å². The van der Waals surface area contributed by atoms with E-state index in [1.807, 2.05) is 30.3 Å². The summed E-state index contributed by atoms with van der Waals surface area (Å²) in [4.78, 5) is 1.01. The van der Waals surface area contributed by atoms with Gasteiger partial charge in [0.05, 0.1) is 0 Å². The second-order valence-electron chi connectivity index (χ2n) is 2.12. The van der Waals surface area contributed by atoms with Crippen molar-refractivity contribution in [3.63, 3.8) is 0 Å². The molecule has 0 aromatic heterocycles. The van der Waals surface area contributed by atoms with Crippen LogP contribution in [0.15, 0.2) is 47.4 Å². The SMILES string of the molecule is FC(F)=CCSc1ccccc1. The van der Waals surface area contributed by atoms with Crippen LogP contribution in [0.3, 0.4) is 0 Å². The molecule has 0 saturated carbocycles. The van der Waals surface area contributed by atoms with Crippen molar-refractivity contribution in [3.05, 3.63) is 42.5 Å². The molecule has 0 bridgehead atoms. The second-order valence-corrected chi connectivity index (χ2v) is 3.21. The van der Waals surface area contributed by atoms with E-state index in [1.54, 1.807) is 0 Å². The summed E-state index contributed by atoms with van der Waals surface area (Å²) in [5, 5.41) is 0. The lowest BCUT2D eigenvalue weighted by Crippen LogP contribution is -1.73. The zero-order valence-corrected chi connectivity index (χ0v) is 7.15. The van der Waals surface area contributed by atoms with Crippen LogP contribution < -0.4 is 0 Å². The summed E-state index contributed by atoms with van der Waals surface area (Å²) >= 11 is 1.39. The molecule has 0 spiro atoms. The fourth-order valence-electron chi connectivity index (χ4n) is 0.718. The number of hydrogen-bond acceptors (Lipinski definition) is 1. The van der Waals surface area contributed by atoms with Crippen LogP contribution in [0.4, 0.5) is 8.78 Å². The van der Waals surface area contributed by atoms with E-state index in [2.05, 4.69) is 0 Å². The maximum atomic E-state index is 11.6. The molecule has 0 saturated heterocycles. The summed E-state index contributed by atoms with van der Waals surface area (Å²) in [6, 6.07) is 9.47. The summed E-state index contributed by atoms with van der Waals surface area (Å²) in [5.74, 6) is 0.326. The summed E-state index contributed by atoms with van der Waals surface area (Å²) < 4.78 is 23.2. The zero-order valence-electron chi connectivity index (χ0n) is 6.34. The van der Waals surface area contributed by atoms with Crippen molar-refractivity contribution in [2.24, 2.45) is 0 Å². The lowest BCUT2D eigenvalue weighted by molar-refractivity contribution is 0.420. The Labute approximate surface area is 74.3 Å². The third-order valence-corrected chi connectivity index (χ3v) is 2.17. The first-order valence-electron chi connectivity index (χ1n) is 3.48. The van der Waals surface area contributed by atoms with Crippen LogP contribution in [0.25, 0.3) is 0 Å². The van der Waals surface area contributed by atoms with Gasteiger partial charge in [0.15, 0.2) is 0 Å². The highest BCUT2D eigenvalue weighted by Gasteiger charge is 1.91. The van der Waals surface area contributed by atoms with Crippen molar-refractivity contribution >= 4 is 11.8 Å². The molecule has 3 heteroatoms. The van der Waals surface area contributed by atoms with E-state index in [4.69, 9.17) is 0 Å². The van der Waals surface area contributed by atoms with Gasteiger partial charge >= 0.3 is 0 Å². The first-order chi connectivity index (χ1) is 5.79. The molecule has 0 aliphatic rings. The smallest absolute Gasteiger partial charge is 0.174 e. The van der Waals surface area contributed by atoms with Crippen LogP contribution in [0.2, 0.25) is 0 Å². The third-order valence-electron chi connectivity index (χ3n) is 1.23. The Balaban J connectivity index is 2.39. The van der Waals surface area contributed by atoms with Gasteiger partial charge in [-0.2, -0.15) is 8.78 Å². The Hall–Kier alpha value is -0.830. The van der Waals surface area contributed by atoms with E-state index in [1.165, 1.54) is 11.8 Å². The van der Waals surface area contributed by atoms with E-state index >= 15 is 0 Å². The number of rotatable bonds is 3. The van der Waals surface area contributed by atoms with Gasteiger partial charge in [0.25, 0.3) is 6.08 Å². The van der Waals surface area contributed by atoms with Crippen molar-refractivity contribution in [3.8, 4) is 0 Å². The van der Waals surface area contributed by atoms with Crippen LogP contribution in [-0.4, -0.2) is 5.75 Å². The molecule has 0 aliphatic heterocycles. The zero-order chi connectivity index (χ0) is 8.81. The number of hydrogen-bond donors (Lipinski definition) is 0. The normalized spacial score (nSPS) is 9.50. The van der Waals surface area contributed by atoms with E-state index < -0.39 is 6.08 Å². The largest absolute Gasteiger partial charge is 0.267 e. The molecule has 1 aromatic carbocycles. The highest BCUT2D eigenvalue weighted by atomic mass is 32.2. The maximum Gasteiger partial charge on any atom is 0.267 e. The van der Waals surface area contributed by atoms with Gasteiger partial charge in [0.2, 0.25) is 0 Å². The average Bonchev–Trinajstić information content (AvgIpc) is 2.05. The summed E-state index contributed by atoms with van der Waals surface area (Å²) in [6.07, 6.45) is -0.698. The van der Waals surface area contributed by atoms with Crippen molar-refractivity contribution < 1.29 is 8.78 Å². The van der Waals surface area contributed by atoms with Crippen LogP contribution in [0, 0.1) is 0 Å². The van der Waals surface area contributed by atoms with Gasteiger partial charge in [0.1, 0.15) is 0 Å². The van der Waals surface area contributed by atoms with Gasteiger partial charge in [0, 0.05) is 10.6 Å². The summed E-state index contributed by atoms with van der Waals surface area (Å²) in [6.45, 7) is 0. The molecule has 0 atom stereocenters. The van der Waals surface area contributed by atoms with Gasteiger partial charge in [-0.15, -0.1) is 11.8 Å². The van der Waals surface area contributed by atoms with E-state index in [0.717, 1.165) is 11.0 Å². The van der Waals surface area contributed by atoms with Crippen molar-refractivity contribution in [1.29, 1.82) is 0 Å². The highest BCUT2D eigenvalue weighted by Crippen LogP contribution is 2.17. The van der Waals surface area contributed by atoms with Crippen molar-refractivity contribution in [1.82, 2.24) is 0 Å². The highest BCUT2D eigenvalue weighted by molar-refractivity contribution is 7.99. The van der Waals surface area contributed by atoms with Crippen molar-refractivity contribution in [2.45, 2.75) is 4.90 Å². The minimum Gasteiger partial charge on any atom is -0.174 e. The Morgan fingerprint density at radius 2 is 1.92 bits per heavy atom. The molecule has 0 amide bonds. The first kappa shape index (κ1) is 9.26. The molecule has 0 fully saturated rings. The van der Waals surface area contributed by atoms with Gasteiger partial charge < -0.3 is 0 Å². The van der Waals surface area contributed by atoms with E-state index in [0.29, 0.717) is 5.75 Å². The van der Waals surface area contributed by atoms with Gasteiger partial charge in [-0.3, -0.25) is 0 Å². The van der Waals surface area contributed by atoms with E-state index in [9.17, 15) is 8.78 Å². The van der Waals surface area contributed by atoms with Crippen LogP contribution >= 0.6 is 11.8 Å². The first-order valence-corrected chi connectivity index (χ1v) is 4.46. The number of thioether (sulfide) groups is 1. The summed E-state index contributed by atoms with van der Waals surface area (Å²) in [5.41, 5.74) is 0. The van der Waals surface area contributed by atoms with Crippen molar-refractivity contribution in [2.75, 3.05) is 5.75 Å². The van der Waals surface area contributed by atoms with Gasteiger partial charge in [-0.25, -0.2) is 0 Å². The van der Waals surface area contributed by atoms with Crippen LogP contribution in [0.5, 0.6) is 0 Å². The molecule has 0 heterocycles. The fraction of sp³-hybridized carbons (Fsp3) is 0.111. The fourth-order valence-corrected chi connectivity index (χ4v) is 1.47. The van der Waals surface area contributed by atoms with Gasteiger partial charge in [-0.1, -0.05) is 18.2 Å². The Morgan fingerprint density at radius 3 is 2.50 bits per heavy atom. The minimum atomic E-state index is -1.61. The molecule has 1 aromatic rings. The Bertz CT molecular complexity index is 252. The lowest BCUT2D eigenvalue weighted by Gasteiger charge is -1.95. The molecule has 0 nitrogen and oxygen atoms in total. The maximum absolute atomic E-state index is 11.6. The topological polar surface area (TPSA) is 0 Å². The molecule has 64 valence electrons. The lowest BCUT2D eigenvalue weighted by atomic mass is 10.4. The number of halogens is 2. The average molecular weight is 186 g/mol. The minimum absolute atomic E-state index is 0.326. The predicted molar refractivity (Wildman–Crippen MR) is 47.5 cm³/mol. The molecule has 0 unspecified atom stereocenters. The second kappa shape index (κ2) is 4.93.